The molecule has 2 heterocycles. The molecule has 0 radical (unpaired) electrons. The third kappa shape index (κ3) is 6.82. The summed E-state index contributed by atoms with van der Waals surface area (Å²) in [6.45, 7) is 15.6. The zero-order valence-electron chi connectivity index (χ0n) is 19.7. The van der Waals surface area contributed by atoms with Crippen LogP contribution >= 0.6 is 0 Å². The highest BCUT2D eigenvalue weighted by Gasteiger charge is 2.17. The fourth-order valence-electron chi connectivity index (χ4n) is 4.35. The van der Waals surface area contributed by atoms with E-state index >= 15 is 0 Å². The van der Waals surface area contributed by atoms with E-state index in [2.05, 4.69) is 82.9 Å². The summed E-state index contributed by atoms with van der Waals surface area (Å²) in [6, 6.07) is 10.6. The molecule has 1 aromatic carbocycles. The number of para-hydroxylation sites is 1. The molecule has 0 spiro atoms. The largest absolute Gasteiger partial charge is 0.369 e. The zero-order valence-corrected chi connectivity index (χ0v) is 19.7. The van der Waals surface area contributed by atoms with Gasteiger partial charge in [0.25, 0.3) is 0 Å². The van der Waals surface area contributed by atoms with Gasteiger partial charge >= 0.3 is 0 Å². The Morgan fingerprint density at radius 2 is 1.81 bits per heavy atom. The van der Waals surface area contributed by atoms with Gasteiger partial charge in [-0.15, -0.1) is 0 Å². The van der Waals surface area contributed by atoms with Crippen LogP contribution in [-0.4, -0.2) is 59.9 Å². The number of anilines is 1. The van der Waals surface area contributed by atoms with Crippen molar-refractivity contribution in [2.24, 2.45) is 5.92 Å². The molecule has 6 nitrogen and oxygen atoms in total. The molecule has 31 heavy (non-hydrogen) atoms. The van der Waals surface area contributed by atoms with Crippen LogP contribution in [0.5, 0.6) is 0 Å². The highest BCUT2D eigenvalue weighted by Crippen LogP contribution is 2.17. The second kappa shape index (κ2) is 11.3. The van der Waals surface area contributed by atoms with Gasteiger partial charge in [0.05, 0.1) is 5.69 Å². The molecule has 6 heteroatoms. The summed E-state index contributed by atoms with van der Waals surface area (Å²) >= 11 is 0. The van der Waals surface area contributed by atoms with E-state index in [0.29, 0.717) is 12.3 Å². The van der Waals surface area contributed by atoms with E-state index in [1.165, 1.54) is 16.9 Å². The van der Waals surface area contributed by atoms with Gasteiger partial charge in [-0.3, -0.25) is 14.4 Å². The quantitative estimate of drug-likeness (QED) is 0.593. The predicted octanol–water partition coefficient (Wildman–Crippen LogP) is 3.42. The molecule has 3 rings (SSSR count). The number of aryl methyl sites for hydroxylation is 1. The molecule has 1 aliphatic heterocycles. The molecule has 0 bridgehead atoms. The van der Waals surface area contributed by atoms with E-state index in [-0.39, 0.29) is 5.91 Å². The summed E-state index contributed by atoms with van der Waals surface area (Å²) in [4.78, 5) is 17.3. The van der Waals surface area contributed by atoms with E-state index in [0.717, 1.165) is 64.3 Å². The molecular weight excluding hydrogens is 386 g/mol. The predicted molar refractivity (Wildman–Crippen MR) is 128 cm³/mol. The van der Waals surface area contributed by atoms with Crippen molar-refractivity contribution in [3.05, 3.63) is 47.3 Å². The van der Waals surface area contributed by atoms with Crippen molar-refractivity contribution in [1.82, 2.24) is 20.0 Å². The number of carbonyl (C=O) groups excluding carboxylic acids is 1. The highest BCUT2D eigenvalue weighted by molar-refractivity contribution is 5.76. The fraction of sp³-hybridized carbons (Fsp3) is 0.600. The molecule has 0 atom stereocenters. The molecule has 1 fully saturated rings. The first-order valence-electron chi connectivity index (χ1n) is 11.8. The van der Waals surface area contributed by atoms with Crippen molar-refractivity contribution in [1.29, 1.82) is 0 Å². The molecule has 1 N–H and O–H groups in total. The molecule has 1 saturated heterocycles. The SMILES string of the molecule is Cc1nn(CC(C)C)c(C)c1CCC(=O)NCCCN1CCN(c2ccccc2)CC1. The highest BCUT2D eigenvalue weighted by atomic mass is 16.1. The average Bonchev–Trinajstić information content (AvgIpc) is 3.02. The van der Waals surface area contributed by atoms with Crippen LogP contribution in [-0.2, 0) is 17.8 Å². The van der Waals surface area contributed by atoms with Gasteiger partial charge < -0.3 is 10.2 Å². The molecule has 170 valence electrons. The zero-order chi connectivity index (χ0) is 22.2. The Labute approximate surface area is 187 Å². The van der Waals surface area contributed by atoms with Crippen LogP contribution in [0.4, 0.5) is 5.69 Å². The molecule has 1 aliphatic rings. The first kappa shape index (κ1) is 23.3. The number of carbonyl (C=O) groups is 1. The first-order chi connectivity index (χ1) is 14.9. The minimum atomic E-state index is 0.143. The van der Waals surface area contributed by atoms with E-state index < -0.39 is 0 Å². The van der Waals surface area contributed by atoms with E-state index in [9.17, 15) is 4.79 Å². The first-order valence-corrected chi connectivity index (χ1v) is 11.8. The van der Waals surface area contributed by atoms with Crippen molar-refractivity contribution in [2.45, 2.75) is 53.5 Å². The van der Waals surface area contributed by atoms with E-state index in [1.54, 1.807) is 0 Å². The van der Waals surface area contributed by atoms with Crippen LogP contribution in [0, 0.1) is 19.8 Å². The molecule has 0 saturated carbocycles. The number of nitrogens with one attached hydrogen (secondary N) is 1. The minimum absolute atomic E-state index is 0.143. The lowest BCUT2D eigenvalue weighted by atomic mass is 10.1. The normalized spacial score (nSPS) is 14.9. The van der Waals surface area contributed by atoms with Crippen molar-refractivity contribution in [3.8, 4) is 0 Å². The molecule has 0 unspecified atom stereocenters. The molecule has 0 aliphatic carbocycles. The number of piperazine rings is 1. The average molecular weight is 426 g/mol. The van der Waals surface area contributed by atoms with Gasteiger partial charge in [0, 0.05) is 57.1 Å². The standard InChI is InChI=1S/C25H39N5O/c1-20(2)19-30-22(4)24(21(3)27-30)11-12-25(31)26-13-8-14-28-15-17-29(18-16-28)23-9-6-5-7-10-23/h5-7,9-10,20H,8,11-19H2,1-4H3,(H,26,31). The Kier molecular flexibility index (Phi) is 8.52. The molecule has 1 aromatic heterocycles. The number of hydrogen-bond donors (Lipinski definition) is 1. The summed E-state index contributed by atoms with van der Waals surface area (Å²) in [5.74, 6) is 0.708. The van der Waals surface area contributed by atoms with Crippen LogP contribution in [0.3, 0.4) is 0 Å². The summed E-state index contributed by atoms with van der Waals surface area (Å²) in [5, 5.41) is 7.76. The van der Waals surface area contributed by atoms with E-state index in [4.69, 9.17) is 0 Å². The lowest BCUT2D eigenvalue weighted by Crippen LogP contribution is -2.47. The number of nitrogens with zero attached hydrogens (tertiary/aromatic N) is 4. The maximum Gasteiger partial charge on any atom is 0.220 e. The Balaban J connectivity index is 1.31. The maximum atomic E-state index is 12.3. The number of hydrogen-bond acceptors (Lipinski definition) is 4. The summed E-state index contributed by atoms with van der Waals surface area (Å²) in [7, 11) is 0. The van der Waals surface area contributed by atoms with Crippen molar-refractivity contribution < 1.29 is 4.79 Å². The smallest absolute Gasteiger partial charge is 0.220 e. The van der Waals surface area contributed by atoms with Gasteiger partial charge in [0.1, 0.15) is 0 Å². The molecule has 1 amide bonds. The van der Waals surface area contributed by atoms with Crippen LogP contribution in [0.2, 0.25) is 0 Å². The van der Waals surface area contributed by atoms with Crippen LogP contribution in [0.1, 0.15) is 43.6 Å². The number of aromatic nitrogens is 2. The van der Waals surface area contributed by atoms with Crippen LogP contribution < -0.4 is 10.2 Å². The van der Waals surface area contributed by atoms with Crippen LogP contribution in [0.25, 0.3) is 0 Å². The number of rotatable bonds is 10. The number of benzene rings is 1. The van der Waals surface area contributed by atoms with Crippen molar-refractivity contribution in [2.75, 3.05) is 44.2 Å². The third-order valence-electron chi connectivity index (χ3n) is 6.14. The summed E-state index contributed by atoms with van der Waals surface area (Å²) in [5.41, 5.74) is 4.80. The van der Waals surface area contributed by atoms with Gasteiger partial charge in [-0.1, -0.05) is 32.0 Å². The minimum Gasteiger partial charge on any atom is -0.369 e. The summed E-state index contributed by atoms with van der Waals surface area (Å²) in [6.07, 6.45) is 2.30. The van der Waals surface area contributed by atoms with Gasteiger partial charge in [-0.25, -0.2) is 0 Å². The monoisotopic (exact) mass is 425 g/mol. The Morgan fingerprint density at radius 3 is 2.48 bits per heavy atom. The van der Waals surface area contributed by atoms with Crippen molar-refractivity contribution in [3.63, 3.8) is 0 Å². The topological polar surface area (TPSA) is 53.4 Å². The van der Waals surface area contributed by atoms with Gasteiger partial charge in [-0.05, 0) is 56.8 Å². The van der Waals surface area contributed by atoms with Crippen LogP contribution in [0.15, 0.2) is 30.3 Å². The second-order valence-electron chi connectivity index (χ2n) is 9.09. The number of amides is 1. The second-order valence-corrected chi connectivity index (χ2v) is 9.09. The van der Waals surface area contributed by atoms with E-state index in [1.807, 2.05) is 0 Å². The van der Waals surface area contributed by atoms with Gasteiger partial charge in [0.15, 0.2) is 0 Å². The Morgan fingerprint density at radius 1 is 1.10 bits per heavy atom. The maximum absolute atomic E-state index is 12.3. The third-order valence-corrected chi connectivity index (χ3v) is 6.14. The Bertz CT molecular complexity index is 822. The van der Waals surface area contributed by atoms with Crippen molar-refractivity contribution >= 4 is 11.6 Å². The lowest BCUT2D eigenvalue weighted by Gasteiger charge is -2.36. The van der Waals surface area contributed by atoms with Gasteiger partial charge in [-0.2, -0.15) is 5.10 Å². The summed E-state index contributed by atoms with van der Waals surface area (Å²) < 4.78 is 2.09. The molecular formula is C25H39N5O. The molecule has 2 aromatic rings. The lowest BCUT2D eigenvalue weighted by molar-refractivity contribution is -0.121. The van der Waals surface area contributed by atoms with Gasteiger partial charge in [0.2, 0.25) is 5.91 Å². The fourth-order valence-corrected chi connectivity index (χ4v) is 4.35. The Hall–Kier alpha value is -2.34.